The second-order valence-electron chi connectivity index (χ2n) is 9.22. The van der Waals surface area contributed by atoms with Crippen LogP contribution in [0.5, 0.6) is 5.88 Å². The number of hydrogen-bond acceptors (Lipinski definition) is 6. The van der Waals surface area contributed by atoms with Crippen molar-refractivity contribution >= 4 is 15.9 Å². The quantitative estimate of drug-likeness (QED) is 0.592. The lowest BCUT2D eigenvalue weighted by atomic mass is 9.91. The summed E-state index contributed by atoms with van der Waals surface area (Å²) in [5, 5.41) is 0. The van der Waals surface area contributed by atoms with Gasteiger partial charge in [0, 0.05) is 50.4 Å². The molecule has 0 radical (unpaired) electrons. The molecule has 1 saturated heterocycles. The maximum Gasteiger partial charge on any atom is 0.248 e. The summed E-state index contributed by atoms with van der Waals surface area (Å²) in [6, 6.07) is 3.71. The summed E-state index contributed by atoms with van der Waals surface area (Å²) in [5.41, 5.74) is 1.46. The molecule has 0 unspecified atom stereocenters. The molecule has 8 nitrogen and oxygen atoms in total. The van der Waals surface area contributed by atoms with Gasteiger partial charge < -0.3 is 9.64 Å². The fourth-order valence-corrected chi connectivity index (χ4v) is 6.77. The zero-order chi connectivity index (χ0) is 25.4. The van der Waals surface area contributed by atoms with E-state index in [4.69, 9.17) is 4.74 Å². The standard InChI is InChI=1S/C24H30F2N4O4S/c1-16-6-7-20(18(15-16)21-22(34-3)28-13-12-27-21)35(32,33)30-14-4-5-19(30)23(31)29(2)17-8-10-24(25,26)11-9-17/h6-7,12-13,15,17,19H,4-5,8-11,14H2,1-3H3/t19-/m0/s1. The number of aromatic nitrogens is 2. The Kier molecular flexibility index (Phi) is 7.10. The van der Waals surface area contributed by atoms with Crippen LogP contribution in [-0.2, 0) is 14.8 Å². The van der Waals surface area contributed by atoms with Gasteiger partial charge in [0.2, 0.25) is 27.7 Å². The van der Waals surface area contributed by atoms with Gasteiger partial charge in [0.15, 0.2) is 0 Å². The average molecular weight is 509 g/mol. The Morgan fingerprint density at radius 2 is 1.86 bits per heavy atom. The molecule has 4 rings (SSSR count). The molecule has 1 atom stereocenters. The number of ether oxygens (including phenoxy) is 1. The maximum atomic E-state index is 13.9. The van der Waals surface area contributed by atoms with Gasteiger partial charge in [-0.25, -0.2) is 27.2 Å². The Labute approximate surface area is 204 Å². The van der Waals surface area contributed by atoms with E-state index >= 15 is 0 Å². The predicted octanol–water partition coefficient (Wildman–Crippen LogP) is 3.65. The van der Waals surface area contributed by atoms with Crippen molar-refractivity contribution < 1.29 is 26.7 Å². The first-order chi connectivity index (χ1) is 16.5. The number of carbonyl (C=O) groups is 1. The van der Waals surface area contributed by atoms with Crippen LogP contribution in [0.1, 0.15) is 44.1 Å². The number of hydrogen-bond donors (Lipinski definition) is 0. The third kappa shape index (κ3) is 5.02. The Morgan fingerprint density at radius 1 is 1.17 bits per heavy atom. The molecule has 0 bridgehead atoms. The van der Waals surface area contributed by atoms with Crippen LogP contribution < -0.4 is 4.74 Å². The molecule has 1 amide bonds. The van der Waals surface area contributed by atoms with Crippen LogP contribution in [0.3, 0.4) is 0 Å². The highest BCUT2D eigenvalue weighted by molar-refractivity contribution is 7.89. The summed E-state index contributed by atoms with van der Waals surface area (Å²) in [4.78, 5) is 23.3. The number of amides is 1. The molecule has 1 aliphatic carbocycles. The number of rotatable bonds is 6. The highest BCUT2D eigenvalue weighted by Crippen LogP contribution is 2.38. The molecule has 0 spiro atoms. The minimum absolute atomic E-state index is 0.0153. The molecule has 1 saturated carbocycles. The van der Waals surface area contributed by atoms with Crippen LogP contribution in [0.2, 0.25) is 0 Å². The summed E-state index contributed by atoms with van der Waals surface area (Å²) < 4.78 is 61.6. The zero-order valence-corrected chi connectivity index (χ0v) is 20.9. The van der Waals surface area contributed by atoms with Crippen molar-refractivity contribution in [2.45, 2.75) is 68.4 Å². The molecule has 190 valence electrons. The smallest absolute Gasteiger partial charge is 0.248 e. The van der Waals surface area contributed by atoms with Gasteiger partial charge >= 0.3 is 0 Å². The summed E-state index contributed by atoms with van der Waals surface area (Å²) >= 11 is 0. The van der Waals surface area contributed by atoms with E-state index in [1.54, 1.807) is 19.2 Å². The predicted molar refractivity (Wildman–Crippen MR) is 126 cm³/mol. The largest absolute Gasteiger partial charge is 0.479 e. The van der Waals surface area contributed by atoms with Crippen molar-refractivity contribution in [1.82, 2.24) is 19.2 Å². The van der Waals surface area contributed by atoms with E-state index in [9.17, 15) is 22.0 Å². The lowest BCUT2D eigenvalue weighted by Gasteiger charge is -2.37. The number of benzene rings is 1. The molecular weight excluding hydrogens is 478 g/mol. The number of nitrogens with zero attached hydrogens (tertiary/aromatic N) is 4. The minimum atomic E-state index is -4.09. The van der Waals surface area contributed by atoms with Gasteiger partial charge in [-0.3, -0.25) is 4.79 Å². The molecule has 1 aliphatic heterocycles. The Morgan fingerprint density at radius 3 is 2.54 bits per heavy atom. The first-order valence-electron chi connectivity index (χ1n) is 11.7. The van der Waals surface area contributed by atoms with Gasteiger partial charge in [0.05, 0.1) is 12.0 Å². The number of halogens is 2. The summed E-state index contributed by atoms with van der Waals surface area (Å²) in [6.45, 7) is 2.04. The molecular formula is C24H30F2N4O4S. The SMILES string of the molecule is COc1nccnc1-c1cc(C)ccc1S(=O)(=O)N1CCC[C@H]1C(=O)N(C)C1CCC(F)(F)CC1. The van der Waals surface area contributed by atoms with E-state index in [1.165, 1.54) is 34.8 Å². The van der Waals surface area contributed by atoms with Crippen molar-refractivity contribution in [1.29, 1.82) is 0 Å². The number of methoxy groups -OCH3 is 1. The van der Waals surface area contributed by atoms with Gasteiger partial charge in [-0.15, -0.1) is 0 Å². The van der Waals surface area contributed by atoms with Gasteiger partial charge in [-0.1, -0.05) is 11.6 Å². The van der Waals surface area contributed by atoms with E-state index in [1.807, 2.05) is 6.92 Å². The first kappa shape index (κ1) is 25.4. The highest BCUT2D eigenvalue weighted by Gasteiger charge is 2.44. The zero-order valence-electron chi connectivity index (χ0n) is 20.1. The minimum Gasteiger partial charge on any atom is -0.479 e. The van der Waals surface area contributed by atoms with E-state index in [-0.39, 0.29) is 55.0 Å². The van der Waals surface area contributed by atoms with Crippen molar-refractivity contribution in [2.24, 2.45) is 0 Å². The lowest BCUT2D eigenvalue weighted by molar-refractivity contribution is -0.138. The first-order valence-corrected chi connectivity index (χ1v) is 13.1. The average Bonchev–Trinajstić information content (AvgIpc) is 3.34. The van der Waals surface area contributed by atoms with E-state index in [0.29, 0.717) is 24.1 Å². The Bertz CT molecular complexity index is 1200. The fraction of sp³-hybridized carbons (Fsp3) is 0.542. The Balaban J connectivity index is 1.65. The van der Waals surface area contributed by atoms with Gasteiger partial charge in [0.1, 0.15) is 11.7 Å². The molecule has 11 heteroatoms. The number of aryl methyl sites for hydroxylation is 1. The topological polar surface area (TPSA) is 92.7 Å². The number of carbonyl (C=O) groups excluding carboxylic acids is 1. The molecule has 1 aromatic heterocycles. The van der Waals surface area contributed by atoms with Crippen molar-refractivity contribution in [3.05, 3.63) is 36.2 Å². The van der Waals surface area contributed by atoms with Crippen LogP contribution in [0.15, 0.2) is 35.5 Å². The maximum absolute atomic E-state index is 13.9. The molecule has 1 aromatic carbocycles. The van der Waals surface area contributed by atoms with E-state index < -0.39 is 22.0 Å². The number of alkyl halides is 2. The molecule has 2 heterocycles. The summed E-state index contributed by atoms with van der Waals surface area (Å²) in [5.74, 6) is -2.86. The van der Waals surface area contributed by atoms with Crippen molar-refractivity contribution in [2.75, 3.05) is 20.7 Å². The number of sulfonamides is 1. The van der Waals surface area contributed by atoms with Crippen LogP contribution in [0.4, 0.5) is 8.78 Å². The molecule has 0 N–H and O–H groups in total. The highest BCUT2D eigenvalue weighted by atomic mass is 32.2. The van der Waals surface area contributed by atoms with Crippen LogP contribution in [-0.4, -0.2) is 72.2 Å². The third-order valence-electron chi connectivity index (χ3n) is 6.91. The third-order valence-corrected chi connectivity index (χ3v) is 8.87. The normalized spacial score (nSPS) is 21.1. The Hall–Kier alpha value is -2.66. The van der Waals surface area contributed by atoms with Crippen LogP contribution >= 0.6 is 0 Å². The summed E-state index contributed by atoms with van der Waals surface area (Å²) in [6.07, 6.45) is 3.68. The molecule has 35 heavy (non-hydrogen) atoms. The number of likely N-dealkylation sites (N-methyl/N-ethyl adjacent to an activating group) is 1. The monoisotopic (exact) mass is 508 g/mol. The van der Waals surface area contributed by atoms with E-state index in [2.05, 4.69) is 9.97 Å². The second kappa shape index (κ2) is 9.77. The second-order valence-corrected chi connectivity index (χ2v) is 11.1. The summed E-state index contributed by atoms with van der Waals surface area (Å²) in [7, 11) is -1.07. The van der Waals surface area contributed by atoms with E-state index in [0.717, 1.165) is 5.56 Å². The lowest BCUT2D eigenvalue weighted by Crippen LogP contribution is -2.50. The molecule has 2 aromatic rings. The fourth-order valence-electron chi connectivity index (χ4n) is 4.94. The molecule has 2 aliphatic rings. The van der Waals surface area contributed by atoms with Crippen molar-refractivity contribution in [3.8, 4) is 17.1 Å². The van der Waals surface area contributed by atoms with Crippen molar-refractivity contribution in [3.63, 3.8) is 0 Å². The van der Waals surface area contributed by atoms with Crippen LogP contribution in [0.25, 0.3) is 11.3 Å². The van der Waals surface area contributed by atoms with Gasteiger partial charge in [-0.05, 0) is 44.7 Å². The van der Waals surface area contributed by atoms with Crippen LogP contribution in [0, 0.1) is 6.92 Å². The van der Waals surface area contributed by atoms with Gasteiger partial charge in [0.25, 0.3) is 0 Å². The van der Waals surface area contributed by atoms with Gasteiger partial charge in [-0.2, -0.15) is 4.31 Å². The molecule has 2 fully saturated rings.